The molecule has 0 aromatic heterocycles. The summed E-state index contributed by atoms with van der Waals surface area (Å²) >= 11 is 0. The van der Waals surface area contributed by atoms with Gasteiger partial charge in [-0.25, -0.2) is 12.8 Å². The lowest BCUT2D eigenvalue weighted by Gasteiger charge is -2.32. The van der Waals surface area contributed by atoms with Gasteiger partial charge in [0.25, 0.3) is 10.0 Å². The van der Waals surface area contributed by atoms with Crippen molar-refractivity contribution in [2.24, 2.45) is 0 Å². The van der Waals surface area contributed by atoms with E-state index in [2.05, 4.69) is 10.0 Å². The fourth-order valence-electron chi connectivity index (χ4n) is 4.01. The molecule has 4 rings (SSSR count). The Morgan fingerprint density at radius 1 is 1.03 bits per heavy atom. The maximum absolute atomic E-state index is 14.0. The molecule has 1 aliphatic heterocycles. The van der Waals surface area contributed by atoms with E-state index in [4.69, 9.17) is 0 Å². The average Bonchev–Trinajstić information content (AvgIpc) is 2.81. The SMILES string of the molecule is CC(=O)N1C=Cc2ccccc2C1CC(=O)Nc1ccc(C)c(S(=O)(=O)Nc2ccccc2F)c1. The summed E-state index contributed by atoms with van der Waals surface area (Å²) in [5.74, 6) is -1.29. The van der Waals surface area contributed by atoms with Crippen LogP contribution in [0.5, 0.6) is 0 Å². The molecule has 0 bridgehead atoms. The molecule has 1 heterocycles. The van der Waals surface area contributed by atoms with Crippen LogP contribution in [0.3, 0.4) is 0 Å². The molecule has 3 aromatic rings. The van der Waals surface area contributed by atoms with Gasteiger partial charge in [0, 0.05) is 18.8 Å². The number of sulfonamides is 1. The number of rotatable bonds is 6. The molecular weight excluding hydrogens is 469 g/mol. The van der Waals surface area contributed by atoms with Crippen LogP contribution in [0.4, 0.5) is 15.8 Å². The molecule has 0 aliphatic carbocycles. The van der Waals surface area contributed by atoms with Gasteiger partial charge in [0.2, 0.25) is 11.8 Å². The molecule has 3 aromatic carbocycles. The minimum atomic E-state index is -4.12. The molecule has 0 saturated heterocycles. The summed E-state index contributed by atoms with van der Waals surface area (Å²) in [5.41, 5.74) is 2.30. The summed E-state index contributed by atoms with van der Waals surface area (Å²) in [6.45, 7) is 3.04. The van der Waals surface area contributed by atoms with Crippen molar-refractivity contribution in [1.82, 2.24) is 4.90 Å². The molecule has 9 heteroatoms. The Kier molecular flexibility index (Phi) is 6.70. The Bertz CT molecular complexity index is 1440. The van der Waals surface area contributed by atoms with Crippen LogP contribution < -0.4 is 10.0 Å². The van der Waals surface area contributed by atoms with Gasteiger partial charge in [-0.1, -0.05) is 42.5 Å². The van der Waals surface area contributed by atoms with E-state index in [0.29, 0.717) is 5.56 Å². The molecule has 0 spiro atoms. The van der Waals surface area contributed by atoms with Gasteiger partial charge in [-0.05, 0) is 54.0 Å². The summed E-state index contributed by atoms with van der Waals surface area (Å²) in [5, 5.41) is 2.73. The number of nitrogens with zero attached hydrogens (tertiary/aromatic N) is 1. The van der Waals surface area contributed by atoms with E-state index < -0.39 is 21.9 Å². The maximum atomic E-state index is 14.0. The Morgan fingerprint density at radius 2 is 1.74 bits per heavy atom. The molecular formula is C26H24FN3O4S. The van der Waals surface area contributed by atoms with Crippen molar-refractivity contribution in [3.8, 4) is 0 Å². The first-order chi connectivity index (χ1) is 16.7. The number of nitrogens with one attached hydrogen (secondary N) is 2. The van der Waals surface area contributed by atoms with Gasteiger partial charge in [0.1, 0.15) is 5.82 Å². The van der Waals surface area contributed by atoms with Crippen molar-refractivity contribution < 1.29 is 22.4 Å². The molecule has 35 heavy (non-hydrogen) atoms. The molecule has 0 radical (unpaired) electrons. The van der Waals surface area contributed by atoms with Gasteiger partial charge in [-0.3, -0.25) is 14.3 Å². The van der Waals surface area contributed by atoms with Crippen LogP contribution in [0.25, 0.3) is 6.08 Å². The highest BCUT2D eigenvalue weighted by Crippen LogP contribution is 2.33. The van der Waals surface area contributed by atoms with Crippen molar-refractivity contribution in [2.45, 2.75) is 31.2 Å². The fraction of sp³-hybridized carbons (Fsp3) is 0.154. The highest BCUT2D eigenvalue weighted by molar-refractivity contribution is 7.92. The third-order valence-electron chi connectivity index (χ3n) is 5.73. The molecule has 2 amide bonds. The zero-order valence-electron chi connectivity index (χ0n) is 19.2. The number of hydrogen-bond acceptors (Lipinski definition) is 4. The van der Waals surface area contributed by atoms with Crippen LogP contribution in [-0.4, -0.2) is 25.1 Å². The van der Waals surface area contributed by atoms with E-state index in [9.17, 15) is 22.4 Å². The molecule has 1 unspecified atom stereocenters. The van der Waals surface area contributed by atoms with Crippen LogP contribution in [-0.2, 0) is 19.6 Å². The number of amides is 2. The Labute approximate surface area is 203 Å². The first kappa shape index (κ1) is 24.2. The average molecular weight is 494 g/mol. The molecule has 1 atom stereocenters. The monoisotopic (exact) mass is 493 g/mol. The molecule has 0 fully saturated rings. The van der Waals surface area contributed by atoms with Crippen LogP contribution in [0.2, 0.25) is 0 Å². The van der Waals surface area contributed by atoms with Crippen LogP contribution in [0.15, 0.2) is 77.8 Å². The van der Waals surface area contributed by atoms with E-state index in [1.54, 1.807) is 25.3 Å². The standard InChI is InChI=1S/C26H24FN3O4S/c1-17-11-12-20(15-25(17)35(33,34)29-23-10-6-5-9-22(23)27)28-26(32)16-24-21-8-4-3-7-19(21)13-14-30(24)18(2)31/h3-15,24,29H,16H2,1-2H3,(H,28,32). The number of benzene rings is 3. The Morgan fingerprint density at radius 3 is 2.49 bits per heavy atom. The number of fused-ring (bicyclic) bond motifs is 1. The van der Waals surface area contributed by atoms with E-state index in [0.717, 1.165) is 17.2 Å². The summed E-state index contributed by atoms with van der Waals surface area (Å²) in [6.07, 6.45) is 3.46. The smallest absolute Gasteiger partial charge is 0.262 e. The number of carbonyl (C=O) groups excluding carboxylic acids is 2. The van der Waals surface area contributed by atoms with Gasteiger partial charge in [-0.15, -0.1) is 0 Å². The maximum Gasteiger partial charge on any atom is 0.262 e. The number of anilines is 2. The Balaban J connectivity index is 1.55. The predicted octanol–water partition coefficient (Wildman–Crippen LogP) is 4.84. The highest BCUT2D eigenvalue weighted by atomic mass is 32.2. The van der Waals surface area contributed by atoms with Crippen molar-refractivity contribution in [3.05, 3.63) is 95.4 Å². The van der Waals surface area contributed by atoms with Gasteiger partial charge < -0.3 is 10.2 Å². The quantitative estimate of drug-likeness (QED) is 0.514. The zero-order valence-corrected chi connectivity index (χ0v) is 20.0. The van der Waals surface area contributed by atoms with E-state index in [-0.39, 0.29) is 34.5 Å². The van der Waals surface area contributed by atoms with Crippen LogP contribution in [0.1, 0.15) is 36.1 Å². The summed E-state index contributed by atoms with van der Waals surface area (Å²) in [6, 6.07) is 17.0. The van der Waals surface area contributed by atoms with E-state index in [1.807, 2.05) is 30.3 Å². The second-order valence-electron chi connectivity index (χ2n) is 8.20. The predicted molar refractivity (Wildman–Crippen MR) is 132 cm³/mol. The zero-order chi connectivity index (χ0) is 25.2. The topological polar surface area (TPSA) is 95.6 Å². The van der Waals surface area contributed by atoms with Gasteiger partial charge >= 0.3 is 0 Å². The van der Waals surface area contributed by atoms with E-state index in [1.165, 1.54) is 36.1 Å². The fourth-order valence-corrected chi connectivity index (χ4v) is 5.35. The third-order valence-corrected chi connectivity index (χ3v) is 7.23. The lowest BCUT2D eigenvalue weighted by Crippen LogP contribution is -2.33. The first-order valence-electron chi connectivity index (χ1n) is 10.9. The molecule has 0 saturated carbocycles. The third kappa shape index (κ3) is 5.25. The van der Waals surface area contributed by atoms with Gasteiger partial charge in [-0.2, -0.15) is 0 Å². The minimum absolute atomic E-state index is 0.0234. The first-order valence-corrected chi connectivity index (χ1v) is 12.4. The second-order valence-corrected chi connectivity index (χ2v) is 9.86. The largest absolute Gasteiger partial charge is 0.326 e. The summed E-state index contributed by atoms with van der Waals surface area (Å²) < 4.78 is 42.1. The lowest BCUT2D eigenvalue weighted by molar-refractivity contribution is -0.129. The normalized spacial score (nSPS) is 14.8. The molecule has 180 valence electrons. The Hall–Kier alpha value is -3.98. The van der Waals surface area contributed by atoms with Gasteiger partial charge in [0.15, 0.2) is 0 Å². The number of halogens is 1. The second kappa shape index (κ2) is 9.71. The van der Waals surface area contributed by atoms with E-state index >= 15 is 0 Å². The molecule has 2 N–H and O–H groups in total. The van der Waals surface area contributed by atoms with Crippen molar-refractivity contribution >= 4 is 39.3 Å². The number of para-hydroxylation sites is 1. The highest BCUT2D eigenvalue weighted by Gasteiger charge is 2.28. The van der Waals surface area contributed by atoms with Crippen molar-refractivity contribution in [1.29, 1.82) is 0 Å². The van der Waals surface area contributed by atoms with Crippen LogP contribution >= 0.6 is 0 Å². The minimum Gasteiger partial charge on any atom is -0.326 e. The van der Waals surface area contributed by atoms with Crippen molar-refractivity contribution in [2.75, 3.05) is 10.0 Å². The van der Waals surface area contributed by atoms with Gasteiger partial charge in [0.05, 0.1) is 23.0 Å². The number of aryl methyl sites for hydroxylation is 1. The summed E-state index contributed by atoms with van der Waals surface area (Å²) in [4.78, 5) is 26.5. The van der Waals surface area contributed by atoms with Crippen LogP contribution in [0, 0.1) is 12.7 Å². The number of hydrogen-bond donors (Lipinski definition) is 2. The molecule has 7 nitrogen and oxygen atoms in total. The van der Waals surface area contributed by atoms with Crippen molar-refractivity contribution in [3.63, 3.8) is 0 Å². The summed E-state index contributed by atoms with van der Waals surface area (Å²) in [7, 11) is -4.12. The lowest BCUT2D eigenvalue weighted by atomic mass is 9.93. The molecule has 1 aliphatic rings. The number of carbonyl (C=O) groups is 2.